The Balaban J connectivity index is 1.79. The van der Waals surface area contributed by atoms with Gasteiger partial charge in [0.15, 0.2) is 5.79 Å². The predicted octanol–water partition coefficient (Wildman–Crippen LogP) is 3.96. The molecule has 1 aromatic carbocycles. The van der Waals surface area contributed by atoms with Gasteiger partial charge in [-0.1, -0.05) is 17.7 Å². The minimum absolute atomic E-state index is 0.225. The summed E-state index contributed by atoms with van der Waals surface area (Å²) in [5.41, 5.74) is 5.44. The third-order valence-corrected chi connectivity index (χ3v) is 4.88. The Morgan fingerprint density at radius 3 is 2.62 bits per heavy atom. The highest BCUT2D eigenvalue weighted by molar-refractivity contribution is 5.37. The van der Waals surface area contributed by atoms with E-state index in [0.29, 0.717) is 6.54 Å². The molecule has 4 heteroatoms. The van der Waals surface area contributed by atoms with Crippen LogP contribution in [0.15, 0.2) is 30.9 Å². The van der Waals surface area contributed by atoms with E-state index < -0.39 is 5.79 Å². The molecular formula is C20H28N2O2. The van der Waals surface area contributed by atoms with Crippen LogP contribution in [0.3, 0.4) is 0 Å². The van der Waals surface area contributed by atoms with Crippen LogP contribution in [0, 0.1) is 20.8 Å². The lowest BCUT2D eigenvalue weighted by Crippen LogP contribution is -2.47. The molecule has 0 amide bonds. The van der Waals surface area contributed by atoms with E-state index in [0.717, 1.165) is 25.9 Å². The first kappa shape index (κ1) is 17.2. The van der Waals surface area contributed by atoms with Crippen molar-refractivity contribution >= 4 is 0 Å². The lowest BCUT2D eigenvalue weighted by molar-refractivity contribution is -0.298. The van der Waals surface area contributed by atoms with Gasteiger partial charge in [-0.05, 0) is 57.2 Å². The van der Waals surface area contributed by atoms with E-state index in [1.165, 1.54) is 22.3 Å². The van der Waals surface area contributed by atoms with Crippen molar-refractivity contribution in [1.82, 2.24) is 9.55 Å². The van der Waals surface area contributed by atoms with E-state index in [2.05, 4.69) is 44.8 Å². The standard InChI is InChI=1S/C20H28N2O2/c1-15-11-16(2)19(17(3)12-15)5-7-20(13-22-9-8-21-14-22)23-10-6-18(4)24-20/h8-9,11-12,14,18H,5-7,10,13H2,1-4H3. The van der Waals surface area contributed by atoms with Gasteiger partial charge < -0.3 is 14.0 Å². The van der Waals surface area contributed by atoms with Gasteiger partial charge in [0, 0.05) is 18.8 Å². The fourth-order valence-electron chi connectivity index (χ4n) is 3.74. The second-order valence-corrected chi connectivity index (χ2v) is 7.09. The first-order valence-electron chi connectivity index (χ1n) is 8.82. The maximum absolute atomic E-state index is 6.30. The normalized spacial score (nSPS) is 24.2. The summed E-state index contributed by atoms with van der Waals surface area (Å²) in [4.78, 5) is 4.15. The van der Waals surface area contributed by atoms with Gasteiger partial charge in [0.05, 0.1) is 25.6 Å². The van der Waals surface area contributed by atoms with Crippen LogP contribution >= 0.6 is 0 Å². The largest absolute Gasteiger partial charge is 0.348 e. The molecule has 24 heavy (non-hydrogen) atoms. The van der Waals surface area contributed by atoms with Crippen molar-refractivity contribution in [2.45, 2.75) is 65.4 Å². The van der Waals surface area contributed by atoms with Crippen molar-refractivity contribution in [3.63, 3.8) is 0 Å². The van der Waals surface area contributed by atoms with E-state index in [-0.39, 0.29) is 6.10 Å². The van der Waals surface area contributed by atoms with Crippen LogP contribution in [0.5, 0.6) is 0 Å². The van der Waals surface area contributed by atoms with Gasteiger partial charge in [-0.25, -0.2) is 4.98 Å². The molecule has 4 nitrogen and oxygen atoms in total. The molecule has 0 N–H and O–H groups in total. The third kappa shape index (κ3) is 3.87. The Kier molecular flexibility index (Phi) is 5.07. The zero-order valence-corrected chi connectivity index (χ0v) is 15.2. The van der Waals surface area contributed by atoms with Crippen molar-refractivity contribution < 1.29 is 9.47 Å². The third-order valence-electron chi connectivity index (χ3n) is 4.88. The molecule has 1 aromatic heterocycles. The highest BCUT2D eigenvalue weighted by Crippen LogP contribution is 2.31. The van der Waals surface area contributed by atoms with Crippen LogP contribution in [-0.2, 0) is 22.4 Å². The van der Waals surface area contributed by atoms with Gasteiger partial charge >= 0.3 is 0 Å². The zero-order chi connectivity index (χ0) is 17.2. The molecule has 0 spiro atoms. The summed E-state index contributed by atoms with van der Waals surface area (Å²) in [5.74, 6) is -0.567. The van der Waals surface area contributed by atoms with Gasteiger partial charge in [-0.3, -0.25) is 0 Å². The zero-order valence-electron chi connectivity index (χ0n) is 15.2. The molecule has 1 aliphatic heterocycles. The fourth-order valence-corrected chi connectivity index (χ4v) is 3.74. The summed E-state index contributed by atoms with van der Waals surface area (Å²) in [7, 11) is 0. The van der Waals surface area contributed by atoms with Crippen LogP contribution in [0.2, 0.25) is 0 Å². The van der Waals surface area contributed by atoms with Gasteiger partial charge in [-0.15, -0.1) is 0 Å². The minimum atomic E-state index is -0.567. The number of aryl methyl sites for hydroxylation is 3. The number of nitrogens with zero attached hydrogens (tertiary/aromatic N) is 2. The molecule has 0 bridgehead atoms. The Hall–Kier alpha value is -1.65. The summed E-state index contributed by atoms with van der Waals surface area (Å²) in [6, 6.07) is 4.52. The molecule has 2 atom stereocenters. The second-order valence-electron chi connectivity index (χ2n) is 7.09. The SMILES string of the molecule is Cc1cc(C)c(CCC2(Cn3ccnc3)OCCC(C)O2)c(C)c1. The topological polar surface area (TPSA) is 36.3 Å². The van der Waals surface area contributed by atoms with Crippen LogP contribution in [0.4, 0.5) is 0 Å². The molecule has 3 rings (SSSR count). The number of imidazole rings is 1. The highest BCUT2D eigenvalue weighted by Gasteiger charge is 2.37. The van der Waals surface area contributed by atoms with E-state index in [1.807, 2.05) is 17.1 Å². The summed E-state index contributed by atoms with van der Waals surface area (Å²) in [6.07, 6.45) is 8.58. The van der Waals surface area contributed by atoms with Gasteiger partial charge in [-0.2, -0.15) is 0 Å². The molecule has 2 heterocycles. The van der Waals surface area contributed by atoms with Crippen LogP contribution in [-0.4, -0.2) is 28.0 Å². The molecule has 2 unspecified atom stereocenters. The van der Waals surface area contributed by atoms with Crippen LogP contribution < -0.4 is 0 Å². The van der Waals surface area contributed by atoms with Gasteiger partial charge in [0.1, 0.15) is 0 Å². The molecule has 0 radical (unpaired) electrons. The molecule has 1 aliphatic rings. The van der Waals surface area contributed by atoms with Crippen LogP contribution in [0.25, 0.3) is 0 Å². The van der Waals surface area contributed by atoms with Crippen molar-refractivity contribution in [1.29, 1.82) is 0 Å². The van der Waals surface area contributed by atoms with Crippen molar-refractivity contribution in [3.05, 3.63) is 53.1 Å². The average molecular weight is 328 g/mol. The smallest absolute Gasteiger partial charge is 0.186 e. The average Bonchev–Trinajstić information content (AvgIpc) is 2.98. The molecule has 130 valence electrons. The molecular weight excluding hydrogens is 300 g/mol. The number of benzene rings is 1. The lowest BCUT2D eigenvalue weighted by Gasteiger charge is -2.40. The van der Waals surface area contributed by atoms with E-state index in [1.54, 1.807) is 6.20 Å². The number of hydrogen-bond donors (Lipinski definition) is 0. The minimum Gasteiger partial charge on any atom is -0.348 e. The highest BCUT2D eigenvalue weighted by atomic mass is 16.7. The van der Waals surface area contributed by atoms with Crippen molar-refractivity contribution in [2.75, 3.05) is 6.61 Å². The Morgan fingerprint density at radius 1 is 1.25 bits per heavy atom. The van der Waals surface area contributed by atoms with Crippen molar-refractivity contribution in [2.24, 2.45) is 0 Å². The number of aromatic nitrogens is 2. The maximum Gasteiger partial charge on any atom is 0.186 e. The number of ether oxygens (including phenoxy) is 2. The van der Waals surface area contributed by atoms with Crippen molar-refractivity contribution in [3.8, 4) is 0 Å². The molecule has 1 fully saturated rings. The molecule has 0 saturated carbocycles. The Morgan fingerprint density at radius 2 is 2.00 bits per heavy atom. The summed E-state index contributed by atoms with van der Waals surface area (Å²) >= 11 is 0. The molecule has 1 saturated heterocycles. The first-order valence-corrected chi connectivity index (χ1v) is 8.82. The lowest BCUT2D eigenvalue weighted by atomic mass is 9.94. The van der Waals surface area contributed by atoms with E-state index in [4.69, 9.17) is 9.47 Å². The predicted molar refractivity (Wildman–Crippen MR) is 95.0 cm³/mol. The van der Waals surface area contributed by atoms with Crippen LogP contribution in [0.1, 0.15) is 42.0 Å². The second kappa shape index (κ2) is 7.08. The Bertz CT molecular complexity index is 658. The molecule has 0 aliphatic carbocycles. The first-order chi connectivity index (χ1) is 11.5. The maximum atomic E-state index is 6.30. The van der Waals surface area contributed by atoms with E-state index in [9.17, 15) is 0 Å². The number of hydrogen-bond acceptors (Lipinski definition) is 3. The number of rotatable bonds is 5. The summed E-state index contributed by atoms with van der Waals surface area (Å²) in [5, 5.41) is 0. The summed E-state index contributed by atoms with van der Waals surface area (Å²) in [6.45, 7) is 10.1. The molecule has 2 aromatic rings. The monoisotopic (exact) mass is 328 g/mol. The van der Waals surface area contributed by atoms with E-state index >= 15 is 0 Å². The van der Waals surface area contributed by atoms with Gasteiger partial charge in [0.2, 0.25) is 0 Å². The van der Waals surface area contributed by atoms with Gasteiger partial charge in [0.25, 0.3) is 0 Å². The summed E-state index contributed by atoms with van der Waals surface area (Å²) < 4.78 is 14.5. The Labute approximate surface area is 144 Å². The quantitative estimate of drug-likeness (QED) is 0.833. The fraction of sp³-hybridized carbons (Fsp3) is 0.550.